The van der Waals surface area contributed by atoms with E-state index in [1.807, 2.05) is 48.1 Å². The van der Waals surface area contributed by atoms with Crippen molar-refractivity contribution in [2.45, 2.75) is 13.5 Å². The van der Waals surface area contributed by atoms with Gasteiger partial charge in [0, 0.05) is 23.8 Å². The molecule has 0 saturated carbocycles. The molecule has 6 heteroatoms. The lowest BCUT2D eigenvalue weighted by atomic mass is 10.2. The molecule has 0 aliphatic heterocycles. The normalized spacial score (nSPS) is 10.2. The highest BCUT2D eigenvalue weighted by Crippen LogP contribution is 2.12. The van der Waals surface area contributed by atoms with Crippen molar-refractivity contribution in [1.29, 1.82) is 0 Å². The Morgan fingerprint density at radius 1 is 1.42 bits per heavy atom. The first-order chi connectivity index (χ1) is 9.17. The summed E-state index contributed by atoms with van der Waals surface area (Å²) in [5.74, 6) is 0.730. The molecule has 0 aliphatic rings. The summed E-state index contributed by atoms with van der Waals surface area (Å²) in [5.41, 5.74) is 1.11. The van der Waals surface area contributed by atoms with E-state index in [4.69, 9.17) is 23.8 Å². The van der Waals surface area contributed by atoms with E-state index in [-0.39, 0.29) is 0 Å². The second kappa shape index (κ2) is 6.54. The number of hydrogen-bond donors (Lipinski definition) is 2. The van der Waals surface area contributed by atoms with Gasteiger partial charge in [-0.15, -0.1) is 0 Å². The number of nitrogens with one attached hydrogen (secondary N) is 2. The van der Waals surface area contributed by atoms with Crippen LogP contribution in [0.15, 0.2) is 36.5 Å². The van der Waals surface area contributed by atoms with E-state index >= 15 is 0 Å². The average Bonchev–Trinajstić information content (AvgIpc) is 2.76. The van der Waals surface area contributed by atoms with Crippen LogP contribution in [0, 0.1) is 0 Å². The quantitative estimate of drug-likeness (QED) is 0.851. The first-order valence-corrected chi connectivity index (χ1v) is 6.78. The van der Waals surface area contributed by atoms with E-state index in [1.165, 1.54) is 0 Å². The van der Waals surface area contributed by atoms with Gasteiger partial charge in [-0.1, -0.05) is 23.7 Å². The predicted octanol–water partition coefficient (Wildman–Crippen LogP) is 2.89. The monoisotopic (exact) mass is 294 g/mol. The highest BCUT2D eigenvalue weighted by molar-refractivity contribution is 7.80. The molecule has 0 bridgehead atoms. The molecule has 1 aromatic heterocycles. The topological polar surface area (TPSA) is 41.9 Å². The predicted molar refractivity (Wildman–Crippen MR) is 82.7 cm³/mol. The molecule has 0 saturated heterocycles. The summed E-state index contributed by atoms with van der Waals surface area (Å²) >= 11 is 11.1. The van der Waals surface area contributed by atoms with Crippen LogP contribution in [0.25, 0.3) is 0 Å². The fourth-order valence-corrected chi connectivity index (χ4v) is 2.12. The number of thiocarbonyl (C=S) groups is 1. The Kier molecular flexibility index (Phi) is 4.76. The van der Waals surface area contributed by atoms with Crippen molar-refractivity contribution >= 4 is 34.7 Å². The maximum atomic E-state index is 5.95. The number of halogens is 1. The summed E-state index contributed by atoms with van der Waals surface area (Å²) in [4.78, 5) is 0. The van der Waals surface area contributed by atoms with Crippen LogP contribution in [0.5, 0.6) is 0 Å². The van der Waals surface area contributed by atoms with Gasteiger partial charge in [0.15, 0.2) is 10.9 Å². The molecule has 0 aliphatic carbocycles. The van der Waals surface area contributed by atoms with Crippen molar-refractivity contribution in [3.05, 3.63) is 47.1 Å². The second-order valence-electron chi connectivity index (χ2n) is 4.01. The van der Waals surface area contributed by atoms with Gasteiger partial charge in [-0.2, -0.15) is 5.10 Å². The highest BCUT2D eigenvalue weighted by Gasteiger charge is 2.02. The first-order valence-electron chi connectivity index (χ1n) is 6.00. The molecule has 0 atom stereocenters. The van der Waals surface area contributed by atoms with Gasteiger partial charge >= 0.3 is 0 Å². The van der Waals surface area contributed by atoms with E-state index in [0.717, 1.165) is 22.9 Å². The highest BCUT2D eigenvalue weighted by atomic mass is 35.5. The maximum Gasteiger partial charge on any atom is 0.171 e. The lowest BCUT2D eigenvalue weighted by Crippen LogP contribution is -2.28. The minimum atomic E-state index is 0.579. The summed E-state index contributed by atoms with van der Waals surface area (Å²) in [6, 6.07) is 9.62. The summed E-state index contributed by atoms with van der Waals surface area (Å²) in [6.07, 6.45) is 1.90. The average molecular weight is 295 g/mol. The third-order valence-electron chi connectivity index (χ3n) is 2.45. The largest absolute Gasteiger partial charge is 0.363 e. The molecule has 1 aromatic carbocycles. The van der Waals surface area contributed by atoms with Crippen LogP contribution >= 0.6 is 23.8 Å². The first kappa shape index (κ1) is 13.8. The van der Waals surface area contributed by atoms with Gasteiger partial charge in [0.25, 0.3) is 0 Å². The third kappa shape index (κ3) is 4.22. The zero-order chi connectivity index (χ0) is 13.7. The lowest BCUT2D eigenvalue weighted by molar-refractivity contribution is 0.690. The molecule has 4 nitrogen and oxygen atoms in total. The van der Waals surface area contributed by atoms with Crippen molar-refractivity contribution < 1.29 is 0 Å². The van der Waals surface area contributed by atoms with Gasteiger partial charge in [0.1, 0.15) is 0 Å². The zero-order valence-electron chi connectivity index (χ0n) is 10.6. The maximum absolute atomic E-state index is 5.95. The molecule has 2 rings (SSSR count). The number of benzene rings is 1. The summed E-state index contributed by atoms with van der Waals surface area (Å²) < 4.78 is 1.84. The molecule has 2 aromatic rings. The van der Waals surface area contributed by atoms with Crippen LogP contribution in [0.1, 0.15) is 12.5 Å². The lowest BCUT2D eigenvalue weighted by Gasteiger charge is -2.05. The van der Waals surface area contributed by atoms with Gasteiger partial charge in [0.2, 0.25) is 0 Å². The van der Waals surface area contributed by atoms with Gasteiger partial charge < -0.3 is 10.6 Å². The fraction of sp³-hybridized carbons (Fsp3) is 0.231. The van der Waals surface area contributed by atoms with Crippen LogP contribution in [0.4, 0.5) is 5.82 Å². The Morgan fingerprint density at radius 3 is 3.00 bits per heavy atom. The Balaban J connectivity index is 1.99. The summed E-state index contributed by atoms with van der Waals surface area (Å²) in [5, 5.41) is 11.7. The summed E-state index contributed by atoms with van der Waals surface area (Å²) in [6.45, 7) is 3.46. The number of anilines is 1. The third-order valence-corrected chi connectivity index (χ3v) is 2.93. The van der Waals surface area contributed by atoms with Gasteiger partial charge in [-0.05, 0) is 36.8 Å². The molecule has 100 valence electrons. The minimum Gasteiger partial charge on any atom is -0.363 e. The van der Waals surface area contributed by atoms with Crippen LogP contribution in [0.3, 0.4) is 0 Å². The van der Waals surface area contributed by atoms with Crippen LogP contribution in [-0.2, 0) is 6.54 Å². The molecule has 0 spiro atoms. The van der Waals surface area contributed by atoms with Gasteiger partial charge in [-0.25, -0.2) is 0 Å². The van der Waals surface area contributed by atoms with Crippen molar-refractivity contribution in [3.63, 3.8) is 0 Å². The Morgan fingerprint density at radius 2 is 2.26 bits per heavy atom. The van der Waals surface area contributed by atoms with E-state index < -0.39 is 0 Å². The molecular weight excluding hydrogens is 280 g/mol. The summed E-state index contributed by atoms with van der Waals surface area (Å²) in [7, 11) is 0. The minimum absolute atomic E-state index is 0.579. The standard InChI is InChI=1S/C13H15ClN4S/c1-2-15-13(19)16-12-6-7-18(17-12)9-10-4-3-5-11(14)8-10/h3-8H,2,9H2,1H3,(H2,15,16,17,19). The Hall–Kier alpha value is -1.59. The van der Waals surface area contributed by atoms with Crippen LogP contribution < -0.4 is 10.6 Å². The molecule has 0 amide bonds. The van der Waals surface area contributed by atoms with Gasteiger partial charge in [-0.3, -0.25) is 4.68 Å². The van der Waals surface area contributed by atoms with E-state index in [2.05, 4.69) is 15.7 Å². The molecule has 2 N–H and O–H groups in total. The number of nitrogens with zero attached hydrogens (tertiary/aromatic N) is 2. The van der Waals surface area contributed by atoms with Gasteiger partial charge in [0.05, 0.1) is 6.54 Å². The molecule has 19 heavy (non-hydrogen) atoms. The smallest absolute Gasteiger partial charge is 0.171 e. The number of rotatable bonds is 4. The molecule has 0 radical (unpaired) electrons. The molecular formula is C13H15ClN4S. The van der Waals surface area contributed by atoms with Crippen molar-refractivity contribution in [1.82, 2.24) is 15.1 Å². The second-order valence-corrected chi connectivity index (χ2v) is 4.86. The van der Waals surface area contributed by atoms with Crippen molar-refractivity contribution in [3.8, 4) is 0 Å². The van der Waals surface area contributed by atoms with Crippen LogP contribution in [-0.4, -0.2) is 21.4 Å². The molecule has 1 heterocycles. The molecule has 0 fully saturated rings. The Labute approximate surface area is 122 Å². The zero-order valence-corrected chi connectivity index (χ0v) is 12.1. The Bertz CT molecular complexity index is 567. The van der Waals surface area contributed by atoms with Crippen LogP contribution in [0.2, 0.25) is 5.02 Å². The van der Waals surface area contributed by atoms with E-state index in [0.29, 0.717) is 11.7 Å². The number of hydrogen-bond acceptors (Lipinski definition) is 2. The van der Waals surface area contributed by atoms with Crippen molar-refractivity contribution in [2.75, 3.05) is 11.9 Å². The van der Waals surface area contributed by atoms with Crippen molar-refractivity contribution in [2.24, 2.45) is 0 Å². The SMILES string of the molecule is CCNC(=S)Nc1ccn(Cc2cccc(Cl)c2)n1. The number of aromatic nitrogens is 2. The molecule has 0 unspecified atom stereocenters. The fourth-order valence-electron chi connectivity index (χ4n) is 1.66. The van der Waals surface area contributed by atoms with E-state index in [1.54, 1.807) is 0 Å². The van der Waals surface area contributed by atoms with E-state index in [9.17, 15) is 0 Å².